The number of hydrogen-bond acceptors (Lipinski definition) is 4. The number of esters is 1. The lowest BCUT2D eigenvalue weighted by Crippen LogP contribution is -2.26. The molecule has 2 aliphatic rings. The quantitative estimate of drug-likeness (QED) is 0.612. The molecule has 1 aliphatic heterocycles. The van der Waals surface area contributed by atoms with Gasteiger partial charge in [-0.15, -0.1) is 0 Å². The van der Waals surface area contributed by atoms with E-state index in [4.69, 9.17) is 4.74 Å². The Hall–Kier alpha value is -1.71. The number of fused-ring (bicyclic) bond motifs is 1. The molecule has 72 valence electrons. The van der Waals surface area contributed by atoms with Crippen molar-refractivity contribution < 1.29 is 9.53 Å². The van der Waals surface area contributed by atoms with Crippen molar-refractivity contribution in [2.45, 2.75) is 6.92 Å². The molecule has 0 saturated heterocycles. The first kappa shape index (κ1) is 8.87. The van der Waals surface area contributed by atoms with Crippen LogP contribution >= 0.6 is 0 Å². The van der Waals surface area contributed by atoms with E-state index in [0.717, 1.165) is 5.57 Å². The molecule has 2 rings (SSSR count). The van der Waals surface area contributed by atoms with Crippen LogP contribution in [0.2, 0.25) is 0 Å². The Balaban J connectivity index is 2.20. The number of nitrogens with zero attached hydrogens (tertiary/aromatic N) is 2. The van der Waals surface area contributed by atoms with Crippen molar-refractivity contribution in [2.75, 3.05) is 6.61 Å². The van der Waals surface area contributed by atoms with Gasteiger partial charge in [0.05, 0.1) is 18.5 Å². The number of rotatable bonds is 2. The third kappa shape index (κ3) is 1.39. The van der Waals surface area contributed by atoms with Crippen LogP contribution in [0, 0.1) is 5.92 Å². The zero-order valence-corrected chi connectivity index (χ0v) is 7.80. The Morgan fingerprint density at radius 2 is 2.50 bits per heavy atom. The van der Waals surface area contributed by atoms with Crippen LogP contribution in [0.25, 0.3) is 0 Å². The van der Waals surface area contributed by atoms with Crippen molar-refractivity contribution in [3.05, 3.63) is 23.8 Å². The summed E-state index contributed by atoms with van der Waals surface area (Å²) in [6.07, 6.45) is 7.12. The van der Waals surface area contributed by atoms with E-state index < -0.39 is 5.92 Å². The van der Waals surface area contributed by atoms with Crippen molar-refractivity contribution in [2.24, 2.45) is 16.1 Å². The molecule has 1 atom stereocenters. The predicted molar refractivity (Wildman–Crippen MR) is 53.3 cm³/mol. The minimum atomic E-state index is -0.391. The second kappa shape index (κ2) is 3.57. The van der Waals surface area contributed by atoms with E-state index in [2.05, 4.69) is 10.2 Å². The molecule has 0 amide bonds. The molecule has 0 unspecified atom stereocenters. The second-order valence-electron chi connectivity index (χ2n) is 2.97. The average Bonchev–Trinajstić information content (AvgIpc) is 2.65. The predicted octanol–water partition coefficient (Wildman–Crippen LogP) is 1.10. The molecule has 1 aliphatic carbocycles. The monoisotopic (exact) mass is 190 g/mol. The van der Waals surface area contributed by atoms with E-state index in [9.17, 15) is 4.79 Å². The summed E-state index contributed by atoms with van der Waals surface area (Å²) in [6.45, 7) is 2.17. The van der Waals surface area contributed by atoms with Crippen LogP contribution in [0.1, 0.15) is 6.92 Å². The van der Waals surface area contributed by atoms with E-state index >= 15 is 0 Å². The number of carbonyl (C=O) groups excluding carboxylic acids is 1. The van der Waals surface area contributed by atoms with Crippen LogP contribution in [0.4, 0.5) is 0 Å². The maximum atomic E-state index is 11.5. The average molecular weight is 190 g/mol. The van der Waals surface area contributed by atoms with E-state index in [1.807, 2.05) is 12.2 Å². The zero-order valence-electron chi connectivity index (χ0n) is 7.80. The Morgan fingerprint density at radius 1 is 1.64 bits per heavy atom. The molecular weight excluding hydrogens is 180 g/mol. The number of allylic oxidation sites excluding steroid dienone is 3. The molecule has 0 bridgehead atoms. The first-order valence-corrected chi connectivity index (χ1v) is 4.49. The van der Waals surface area contributed by atoms with Gasteiger partial charge in [-0.25, -0.2) is 0 Å². The Morgan fingerprint density at radius 3 is 3.29 bits per heavy atom. The highest BCUT2D eigenvalue weighted by atomic mass is 16.5. The van der Waals surface area contributed by atoms with Crippen molar-refractivity contribution in [1.82, 2.24) is 0 Å². The molecular formula is C10H10N2O2. The second-order valence-corrected chi connectivity index (χ2v) is 2.97. The van der Waals surface area contributed by atoms with Gasteiger partial charge in [0.25, 0.3) is 0 Å². The lowest BCUT2D eigenvalue weighted by atomic mass is 9.93. The maximum absolute atomic E-state index is 11.5. The minimum absolute atomic E-state index is 0.265. The lowest BCUT2D eigenvalue weighted by Gasteiger charge is -2.14. The highest BCUT2D eigenvalue weighted by Crippen LogP contribution is 2.20. The maximum Gasteiger partial charge on any atom is 0.319 e. The van der Waals surface area contributed by atoms with Gasteiger partial charge in [0.15, 0.2) is 0 Å². The number of ether oxygens (including phenoxy) is 1. The minimum Gasteiger partial charge on any atom is -0.465 e. The standard InChI is InChI=1S/C10H10N2O2/c1-2-14-10(13)8-5-3-4-7-6-11-12-9(7)8/h3-6,8H,2H2,1H3/t8-/m0/s1. The van der Waals surface area contributed by atoms with Crippen LogP contribution in [0.3, 0.4) is 0 Å². The molecule has 0 aromatic carbocycles. The lowest BCUT2D eigenvalue weighted by molar-refractivity contribution is -0.144. The first-order chi connectivity index (χ1) is 6.83. The molecule has 0 spiro atoms. The Bertz CT molecular complexity index is 378. The van der Waals surface area contributed by atoms with Crippen molar-refractivity contribution in [1.29, 1.82) is 0 Å². The van der Waals surface area contributed by atoms with Crippen molar-refractivity contribution in [3.8, 4) is 0 Å². The molecule has 4 heteroatoms. The van der Waals surface area contributed by atoms with Crippen molar-refractivity contribution >= 4 is 17.9 Å². The summed E-state index contributed by atoms with van der Waals surface area (Å²) >= 11 is 0. The molecule has 4 nitrogen and oxygen atoms in total. The van der Waals surface area contributed by atoms with E-state index in [1.165, 1.54) is 0 Å². The summed E-state index contributed by atoms with van der Waals surface area (Å²) in [7, 11) is 0. The summed E-state index contributed by atoms with van der Waals surface area (Å²) in [4.78, 5) is 11.5. The van der Waals surface area contributed by atoms with Gasteiger partial charge in [0.2, 0.25) is 0 Å². The smallest absolute Gasteiger partial charge is 0.319 e. The molecule has 0 aromatic rings. The molecule has 0 N–H and O–H groups in total. The fraction of sp³-hybridized carbons (Fsp3) is 0.300. The molecule has 0 aromatic heterocycles. The molecule has 1 heterocycles. The van der Waals surface area contributed by atoms with Crippen LogP contribution in [0.5, 0.6) is 0 Å². The third-order valence-corrected chi connectivity index (χ3v) is 2.07. The summed E-state index contributed by atoms with van der Waals surface area (Å²) in [6, 6.07) is 0. The van der Waals surface area contributed by atoms with Gasteiger partial charge in [-0.05, 0) is 6.92 Å². The fourth-order valence-corrected chi connectivity index (χ4v) is 1.43. The van der Waals surface area contributed by atoms with E-state index in [0.29, 0.717) is 12.3 Å². The molecule has 0 fully saturated rings. The van der Waals surface area contributed by atoms with Gasteiger partial charge in [-0.3, -0.25) is 4.79 Å². The molecule has 0 radical (unpaired) electrons. The summed E-state index contributed by atoms with van der Waals surface area (Å²) < 4.78 is 4.94. The normalized spacial score (nSPS) is 22.8. The highest BCUT2D eigenvalue weighted by molar-refractivity contribution is 6.25. The third-order valence-electron chi connectivity index (χ3n) is 2.07. The fourth-order valence-electron chi connectivity index (χ4n) is 1.43. The van der Waals surface area contributed by atoms with Gasteiger partial charge in [-0.1, -0.05) is 18.2 Å². The highest BCUT2D eigenvalue weighted by Gasteiger charge is 2.28. The van der Waals surface area contributed by atoms with Crippen LogP contribution in [-0.2, 0) is 9.53 Å². The Labute approximate surface area is 81.7 Å². The van der Waals surface area contributed by atoms with Crippen LogP contribution in [0.15, 0.2) is 34.0 Å². The summed E-state index contributed by atoms with van der Waals surface area (Å²) in [5.41, 5.74) is 1.58. The largest absolute Gasteiger partial charge is 0.465 e. The van der Waals surface area contributed by atoms with Gasteiger partial charge in [-0.2, -0.15) is 10.2 Å². The topological polar surface area (TPSA) is 51.0 Å². The SMILES string of the molecule is CCOC(=O)[C@H]1C=CC=C2C=NN=C21. The van der Waals surface area contributed by atoms with E-state index in [-0.39, 0.29) is 5.97 Å². The molecule has 14 heavy (non-hydrogen) atoms. The van der Waals surface area contributed by atoms with Gasteiger partial charge in [0, 0.05) is 5.57 Å². The van der Waals surface area contributed by atoms with Gasteiger partial charge < -0.3 is 4.74 Å². The van der Waals surface area contributed by atoms with Gasteiger partial charge in [0.1, 0.15) is 5.92 Å². The van der Waals surface area contributed by atoms with Gasteiger partial charge >= 0.3 is 5.97 Å². The molecule has 0 saturated carbocycles. The van der Waals surface area contributed by atoms with Crippen LogP contribution in [-0.4, -0.2) is 24.5 Å². The van der Waals surface area contributed by atoms with Crippen molar-refractivity contribution in [3.63, 3.8) is 0 Å². The summed E-state index contributed by atoms with van der Waals surface area (Å²) in [5.74, 6) is -0.656. The summed E-state index contributed by atoms with van der Waals surface area (Å²) in [5, 5.41) is 7.68. The Kier molecular flexibility index (Phi) is 2.26. The first-order valence-electron chi connectivity index (χ1n) is 4.49. The number of hydrogen-bond donors (Lipinski definition) is 0. The van der Waals surface area contributed by atoms with Crippen LogP contribution < -0.4 is 0 Å². The van der Waals surface area contributed by atoms with E-state index in [1.54, 1.807) is 19.2 Å². The number of carbonyl (C=O) groups is 1. The zero-order chi connectivity index (χ0) is 9.97.